The van der Waals surface area contributed by atoms with Gasteiger partial charge in [0.15, 0.2) is 0 Å². The van der Waals surface area contributed by atoms with E-state index in [4.69, 9.17) is 152 Å². The van der Waals surface area contributed by atoms with Crippen molar-refractivity contribution in [3.8, 4) is 0 Å². The lowest BCUT2D eigenvalue weighted by Gasteiger charge is -2.38. The number of ether oxygens (including phenoxy) is 11. The average Bonchev–Trinajstić information content (AvgIpc) is 1.63. The second-order valence-electron chi connectivity index (χ2n) is 32.7. The highest BCUT2D eigenvalue weighted by Gasteiger charge is 2.52. The summed E-state index contributed by atoms with van der Waals surface area (Å²) >= 11 is 0. The fourth-order valence-corrected chi connectivity index (χ4v) is 18.9. The highest BCUT2D eigenvalue weighted by Crippen LogP contribution is 2.58. The van der Waals surface area contributed by atoms with E-state index in [0.29, 0.717) is 51.7 Å². The number of hydrogen-bond acceptors (Lipinski definition) is 34. The molecule has 5 saturated carbocycles. The van der Waals surface area contributed by atoms with Crippen LogP contribution in [-0.4, -0.2) is 316 Å². The van der Waals surface area contributed by atoms with E-state index in [1.807, 2.05) is 111 Å². The lowest BCUT2D eigenvalue weighted by atomic mass is 9.83. The molecule has 32 atom stereocenters. The van der Waals surface area contributed by atoms with E-state index < -0.39 is 133 Å². The molecule has 16 unspecified atom stereocenters. The molecule has 0 aromatic carbocycles. The fourth-order valence-electron chi connectivity index (χ4n) is 14.6. The van der Waals surface area contributed by atoms with Crippen molar-refractivity contribution >= 4 is 94.1 Å². The van der Waals surface area contributed by atoms with Crippen LogP contribution in [0.3, 0.4) is 0 Å². The summed E-state index contributed by atoms with van der Waals surface area (Å²) in [5, 5.41) is 49.6. The standard InChI is InChI=1S/C18H33B2O8P.C17H31B2O8P.2C9H16BO5P.2C8H15BO3.2H2O/c1-10(2)25-9-18(22)7-12(19)5-16(18)28-29(23,24)26-8-13-15(27-11(3)4)6-14(20)17(13)21;1-9(2)23-7-11-13(5-12(18)17(11)20)27-28(21,22)24-8-15-14(25-10(3)4)6-16(19)26-15;1-5(2)14-8-3-7(10)9-6(8)4-13-16(11,12)15-9;1-5(2)13-4-6-8-3-7(10)9(6)15-16(11,12)14-8;1-5(2)11-4-7-6(10)3-8(9)12-7;1-5(2)11-6-3-8(9)12-7(6)4-10;;/h10-17,21-22H,5-9H2,1-4H3,(H,23,24);9-17,20H,5-8H2,1-4H3,(H,21,22);2*5-9H,3-4H2,1-2H3,(H,11,12);2*5-8,10H,3-4H2,1-2H3;2*1H2/p-6/t12-,13+,14-,15?,16?,17?,18-;11-,12+,13?,14?,15-,16-,17?;2*6-,7+,8?,9?;2*6?,7-,8-;;/m011111../s1. The third-order valence-electron chi connectivity index (χ3n) is 19.8. The van der Waals surface area contributed by atoms with Crippen molar-refractivity contribution in [3.63, 3.8) is 0 Å². The summed E-state index contributed by atoms with van der Waals surface area (Å²) < 4.78 is 147. The molecule has 0 amide bonds. The summed E-state index contributed by atoms with van der Waals surface area (Å²) in [5.74, 6) is -3.48. The van der Waals surface area contributed by atoms with Crippen molar-refractivity contribution in [2.24, 2.45) is 23.7 Å². The lowest BCUT2D eigenvalue weighted by molar-refractivity contribution is -0.247. The second-order valence-corrected chi connectivity index (χ2v) is 38.1. The Morgan fingerprint density at radius 1 is 0.461 bits per heavy atom. The predicted octanol–water partition coefficient (Wildman–Crippen LogP) is 2.63. The predicted molar refractivity (Wildman–Crippen MR) is 417 cm³/mol. The van der Waals surface area contributed by atoms with Crippen LogP contribution in [0.5, 0.6) is 0 Å². The van der Waals surface area contributed by atoms with Gasteiger partial charge in [0, 0.05) is 41.7 Å². The minimum atomic E-state index is -4.78. The Kier molecular flexibility index (Phi) is 47.5. The number of hydrogen-bond donors (Lipinski definition) is 5. The number of phosphoric acid groups is 4. The first-order valence-electron chi connectivity index (χ1n) is 39.4. The largest absolute Gasteiger partial charge is 0.870 e. The van der Waals surface area contributed by atoms with Gasteiger partial charge in [-0.3, -0.25) is 18.3 Å². The molecule has 5 aliphatic heterocycles. The van der Waals surface area contributed by atoms with E-state index in [1.54, 1.807) is 0 Å². The maximum atomic E-state index is 12.4. The van der Waals surface area contributed by atoms with Gasteiger partial charge in [-0.25, -0.2) is 0 Å². The second kappa shape index (κ2) is 50.0. The van der Waals surface area contributed by atoms with Crippen LogP contribution < -0.4 is 19.6 Å². The van der Waals surface area contributed by atoms with Gasteiger partial charge in [-0.05, 0) is 192 Å². The zero-order chi connectivity index (χ0) is 85.2. The van der Waals surface area contributed by atoms with Gasteiger partial charge in [-0.15, -0.1) is 0 Å². The molecule has 10 aliphatic rings. The average molecular weight is 1710 g/mol. The van der Waals surface area contributed by atoms with Crippen LogP contribution in [0.25, 0.3) is 0 Å². The van der Waals surface area contributed by atoms with Gasteiger partial charge < -0.3 is 144 Å². The van der Waals surface area contributed by atoms with Gasteiger partial charge in [-0.1, -0.05) is 5.82 Å². The molecule has 16 radical (unpaired) electrons. The van der Waals surface area contributed by atoms with Crippen LogP contribution >= 0.6 is 31.3 Å². The summed E-state index contributed by atoms with van der Waals surface area (Å²) in [7, 11) is 28.4. The molecule has 7 N–H and O–H groups in total. The molecule has 5 saturated heterocycles. The van der Waals surface area contributed by atoms with Gasteiger partial charge in [0.1, 0.15) is 47.5 Å². The summed E-state index contributed by atoms with van der Waals surface area (Å²) in [6.45, 7) is 30.6. The Bertz CT molecular complexity index is 2940. The van der Waals surface area contributed by atoms with Gasteiger partial charge in [0.2, 0.25) is 0 Å². The minimum Gasteiger partial charge on any atom is -0.870 e. The molecule has 115 heavy (non-hydrogen) atoms. The molecular formula is C69H124B8O34P4-6. The van der Waals surface area contributed by atoms with Gasteiger partial charge in [-0.2, -0.15) is 0 Å². The van der Waals surface area contributed by atoms with Crippen LogP contribution in [0.2, 0.25) is 29.1 Å². The molecule has 0 aromatic heterocycles. The first kappa shape index (κ1) is 109. The molecule has 10 rings (SSSR count). The first-order chi connectivity index (χ1) is 52.3. The molecule has 654 valence electrons. The SMILES string of the molecule is [B][C@H]1CC(O)[C@@H](COC(C)C)O1.[B][C@H]1CC(OC(C)C)[C@@H](CO)O1.[B][C@H]1CC(OC(C)C)[C@@H](COP(=O)([O-])OC2C[C@H]([B])C(O)[C@@H]2COC(C)C)O1.[B][C@H]1CC(OC(C)C)[C@H]2COP(=O)([O-])OC21.[B][C@H]1CC(OP(=O)([O-])OC[C@@H]2C(OC(C)C)C[C@H]([B])C2O)[C@@](O)(COC(C)C)C1.[B][C@H]1CC2OP(=O)([O-])OC1[C@@H]2COC(C)C.[OH-].[OH-]. The Hall–Kier alpha value is 0.239. The number of rotatable bonds is 31. The maximum absolute atomic E-state index is 12.4. The van der Waals surface area contributed by atoms with Crippen LogP contribution in [0.4, 0.5) is 0 Å². The highest BCUT2D eigenvalue weighted by molar-refractivity contribution is 7.46. The van der Waals surface area contributed by atoms with Crippen LogP contribution in [0.15, 0.2) is 0 Å². The fraction of sp³-hybridized carbons (Fsp3) is 1.00. The van der Waals surface area contributed by atoms with Gasteiger partial charge >= 0.3 is 0 Å². The highest BCUT2D eigenvalue weighted by atomic mass is 31.2. The molecule has 0 aromatic rings. The van der Waals surface area contributed by atoms with E-state index in [-0.39, 0.29) is 185 Å². The van der Waals surface area contributed by atoms with Crippen molar-refractivity contribution in [2.45, 2.75) is 362 Å². The summed E-state index contributed by atoms with van der Waals surface area (Å²) in [5.41, 5.74) is -1.52. The number of phosphoric ester groups is 4. The van der Waals surface area contributed by atoms with Crippen molar-refractivity contribution in [1.82, 2.24) is 0 Å². The molecule has 34 nitrogen and oxygen atoms in total. The maximum Gasteiger partial charge on any atom is 0.268 e. The van der Waals surface area contributed by atoms with E-state index in [9.17, 15) is 58.3 Å². The smallest absolute Gasteiger partial charge is 0.268 e. The number of aliphatic hydroxyl groups is 5. The molecule has 2 bridgehead atoms. The van der Waals surface area contributed by atoms with Crippen molar-refractivity contribution in [3.05, 3.63) is 0 Å². The number of fused-ring (bicyclic) bond motifs is 3. The molecule has 10 fully saturated rings. The zero-order valence-corrected chi connectivity index (χ0v) is 72.9. The summed E-state index contributed by atoms with van der Waals surface area (Å²) in [6, 6.07) is -1.16. The van der Waals surface area contributed by atoms with Crippen LogP contribution in [0.1, 0.15) is 169 Å². The lowest BCUT2D eigenvalue weighted by Crippen LogP contribution is -2.44. The number of aliphatic hydroxyl groups excluding tert-OH is 4. The first-order valence-corrected chi connectivity index (χ1v) is 45.2. The van der Waals surface area contributed by atoms with Crippen LogP contribution in [-0.2, 0) is 107 Å². The third-order valence-corrected chi connectivity index (χ3v) is 23.8. The molecule has 46 heteroatoms. The van der Waals surface area contributed by atoms with Gasteiger partial charge in [0.25, 0.3) is 31.3 Å². The Labute approximate surface area is 691 Å². The summed E-state index contributed by atoms with van der Waals surface area (Å²) in [4.78, 5) is 47.2. The van der Waals surface area contributed by atoms with Crippen molar-refractivity contribution < 1.29 is 163 Å². The minimum absolute atomic E-state index is 0. The quantitative estimate of drug-likeness (QED) is 0.0492. The van der Waals surface area contributed by atoms with E-state index in [0.717, 1.165) is 0 Å². The van der Waals surface area contributed by atoms with E-state index in [1.165, 1.54) is 0 Å². The Morgan fingerprint density at radius 3 is 1.39 bits per heavy atom. The zero-order valence-electron chi connectivity index (χ0n) is 69.3. The van der Waals surface area contributed by atoms with Crippen LogP contribution in [0, 0.1) is 23.7 Å². The topological polar surface area (TPSA) is 497 Å². The normalized spacial score (nSPS) is 40.3. The third kappa shape index (κ3) is 37.0. The Balaban J connectivity index is 0.000000368. The molecular weight excluding hydrogens is 1580 g/mol. The Morgan fingerprint density at radius 2 is 0.887 bits per heavy atom. The molecule has 5 aliphatic carbocycles. The van der Waals surface area contributed by atoms with Crippen molar-refractivity contribution in [2.75, 3.05) is 52.9 Å². The van der Waals surface area contributed by atoms with E-state index >= 15 is 0 Å². The van der Waals surface area contributed by atoms with Gasteiger partial charge in [0.05, 0.1) is 214 Å². The monoisotopic (exact) mass is 1710 g/mol. The van der Waals surface area contributed by atoms with E-state index in [2.05, 4.69) is 4.52 Å². The van der Waals surface area contributed by atoms with Crippen molar-refractivity contribution in [1.29, 1.82) is 0 Å². The molecule has 0 spiro atoms. The summed E-state index contributed by atoms with van der Waals surface area (Å²) in [6.07, 6.45) is -3.87. The molecule has 5 heterocycles.